The van der Waals surface area contributed by atoms with E-state index in [1.165, 1.54) is 0 Å². The van der Waals surface area contributed by atoms with Crippen molar-refractivity contribution in [1.29, 1.82) is 0 Å². The third-order valence-electron chi connectivity index (χ3n) is 4.33. The van der Waals surface area contributed by atoms with Crippen LogP contribution in [0.5, 0.6) is 11.5 Å². The standard InChI is InChI=1S/C20H19BrN2O3S/c1-11-16(18(24)12-7-5-4-6-8-12)17(23-20(27)22-11)14-9-13(21)10-15(25-2)19(14)26-3/h4-10,17H,1-3H3,(H2,22,23,27). The van der Waals surface area contributed by atoms with E-state index in [-0.39, 0.29) is 5.78 Å². The monoisotopic (exact) mass is 446 g/mol. The predicted molar refractivity (Wildman–Crippen MR) is 112 cm³/mol. The van der Waals surface area contributed by atoms with Crippen LogP contribution in [0.2, 0.25) is 0 Å². The van der Waals surface area contributed by atoms with Crippen molar-refractivity contribution in [1.82, 2.24) is 10.6 Å². The van der Waals surface area contributed by atoms with Crippen LogP contribution in [-0.2, 0) is 0 Å². The zero-order valence-electron chi connectivity index (χ0n) is 15.1. The highest BCUT2D eigenvalue weighted by Gasteiger charge is 2.33. The van der Waals surface area contributed by atoms with Gasteiger partial charge in [0.2, 0.25) is 0 Å². The quantitative estimate of drug-likeness (QED) is 0.531. The maximum Gasteiger partial charge on any atom is 0.193 e. The van der Waals surface area contributed by atoms with Gasteiger partial charge in [-0.2, -0.15) is 0 Å². The molecule has 0 saturated carbocycles. The maximum atomic E-state index is 13.3. The zero-order valence-corrected chi connectivity index (χ0v) is 17.5. The molecule has 1 unspecified atom stereocenters. The third-order valence-corrected chi connectivity index (χ3v) is 5.01. The maximum absolute atomic E-state index is 13.3. The number of halogens is 1. The average Bonchev–Trinajstić information content (AvgIpc) is 2.66. The number of rotatable bonds is 5. The Hall–Kier alpha value is -2.38. The fraction of sp³-hybridized carbons (Fsp3) is 0.200. The normalized spacial score (nSPS) is 16.4. The Bertz CT molecular complexity index is 928. The Kier molecular flexibility index (Phi) is 5.82. The molecular weight excluding hydrogens is 428 g/mol. The number of allylic oxidation sites excluding steroid dienone is 1. The van der Waals surface area contributed by atoms with Crippen LogP contribution in [0.1, 0.15) is 28.9 Å². The number of carbonyl (C=O) groups is 1. The molecule has 1 heterocycles. The second kappa shape index (κ2) is 8.10. The fourth-order valence-electron chi connectivity index (χ4n) is 3.15. The number of methoxy groups -OCH3 is 2. The Morgan fingerprint density at radius 3 is 2.48 bits per heavy atom. The largest absolute Gasteiger partial charge is 0.493 e. The molecule has 0 radical (unpaired) electrons. The van der Waals surface area contributed by atoms with Crippen LogP contribution in [0.4, 0.5) is 0 Å². The number of ether oxygens (including phenoxy) is 2. The number of Topliss-reactive ketones (excluding diaryl/α,β-unsaturated/α-hetero) is 1. The van der Waals surface area contributed by atoms with E-state index in [0.717, 1.165) is 10.0 Å². The lowest BCUT2D eigenvalue weighted by molar-refractivity contribution is 0.102. The molecule has 0 aromatic heterocycles. The number of thiocarbonyl (C=S) groups is 1. The number of nitrogens with one attached hydrogen (secondary N) is 2. The van der Waals surface area contributed by atoms with Gasteiger partial charge in [-0.15, -0.1) is 0 Å². The second-order valence-electron chi connectivity index (χ2n) is 6.00. The molecule has 1 aliphatic heterocycles. The van der Waals surface area contributed by atoms with Crippen LogP contribution in [0.25, 0.3) is 0 Å². The molecule has 7 heteroatoms. The molecule has 0 amide bonds. The Morgan fingerprint density at radius 1 is 1.15 bits per heavy atom. The van der Waals surface area contributed by atoms with Crippen LogP contribution in [0.15, 0.2) is 58.2 Å². The van der Waals surface area contributed by atoms with Gasteiger partial charge in [0.1, 0.15) is 0 Å². The van der Waals surface area contributed by atoms with E-state index >= 15 is 0 Å². The molecule has 5 nitrogen and oxygen atoms in total. The Labute approximate surface area is 171 Å². The summed E-state index contributed by atoms with van der Waals surface area (Å²) in [5.74, 6) is 1.04. The van der Waals surface area contributed by atoms with Crippen molar-refractivity contribution in [3.63, 3.8) is 0 Å². The number of carbonyl (C=O) groups excluding carboxylic acids is 1. The van der Waals surface area contributed by atoms with E-state index in [4.69, 9.17) is 21.7 Å². The van der Waals surface area contributed by atoms with Crippen molar-refractivity contribution in [3.8, 4) is 11.5 Å². The summed E-state index contributed by atoms with van der Waals surface area (Å²) in [5, 5.41) is 6.71. The number of benzene rings is 2. The van der Waals surface area contributed by atoms with Crippen LogP contribution in [0.3, 0.4) is 0 Å². The van der Waals surface area contributed by atoms with Gasteiger partial charge in [-0.1, -0.05) is 46.3 Å². The summed E-state index contributed by atoms with van der Waals surface area (Å²) in [6, 6.07) is 12.4. The minimum atomic E-state index is -0.479. The third kappa shape index (κ3) is 3.84. The van der Waals surface area contributed by atoms with Gasteiger partial charge in [-0.3, -0.25) is 4.79 Å². The summed E-state index contributed by atoms with van der Waals surface area (Å²) in [6.07, 6.45) is 0. The number of ketones is 1. The molecule has 2 aromatic carbocycles. The molecule has 0 bridgehead atoms. The summed E-state index contributed by atoms with van der Waals surface area (Å²) in [4.78, 5) is 13.3. The molecule has 1 atom stereocenters. The van der Waals surface area contributed by atoms with Crippen LogP contribution in [0, 0.1) is 0 Å². The molecule has 0 spiro atoms. The summed E-state index contributed by atoms with van der Waals surface area (Å²) in [7, 11) is 3.15. The first-order chi connectivity index (χ1) is 13.0. The van der Waals surface area contributed by atoms with Crippen LogP contribution in [-0.4, -0.2) is 25.1 Å². The van der Waals surface area contributed by atoms with Gasteiger partial charge >= 0.3 is 0 Å². The SMILES string of the molecule is COc1cc(Br)cc(C2NC(=S)NC(C)=C2C(=O)c2ccccc2)c1OC. The highest BCUT2D eigenvalue weighted by Crippen LogP contribution is 2.41. The Balaban J connectivity index is 2.18. The lowest BCUT2D eigenvalue weighted by Gasteiger charge is -2.31. The topological polar surface area (TPSA) is 59.6 Å². The van der Waals surface area contributed by atoms with Crippen LogP contribution < -0.4 is 20.1 Å². The molecule has 140 valence electrons. The molecule has 2 N–H and O–H groups in total. The van der Waals surface area contributed by atoms with Gasteiger partial charge in [-0.05, 0) is 31.3 Å². The summed E-state index contributed by atoms with van der Waals surface area (Å²) < 4.78 is 11.9. The van der Waals surface area contributed by atoms with Gasteiger partial charge in [0.05, 0.1) is 20.3 Å². The van der Waals surface area contributed by atoms with Gasteiger partial charge in [0, 0.05) is 26.9 Å². The summed E-state index contributed by atoms with van der Waals surface area (Å²) in [5.41, 5.74) is 2.65. The Morgan fingerprint density at radius 2 is 1.85 bits per heavy atom. The molecule has 3 rings (SSSR count). The lowest BCUT2D eigenvalue weighted by atomic mass is 9.89. The average molecular weight is 447 g/mol. The first kappa shape index (κ1) is 19.4. The van der Waals surface area contributed by atoms with Gasteiger partial charge < -0.3 is 20.1 Å². The van der Waals surface area contributed by atoms with Crippen molar-refractivity contribution in [2.45, 2.75) is 13.0 Å². The minimum Gasteiger partial charge on any atom is -0.493 e. The van der Waals surface area contributed by atoms with Crippen molar-refractivity contribution in [2.24, 2.45) is 0 Å². The first-order valence-corrected chi connectivity index (χ1v) is 9.45. The molecule has 27 heavy (non-hydrogen) atoms. The lowest BCUT2D eigenvalue weighted by Crippen LogP contribution is -2.45. The van der Waals surface area contributed by atoms with E-state index in [2.05, 4.69) is 26.6 Å². The second-order valence-corrected chi connectivity index (χ2v) is 7.32. The van der Waals surface area contributed by atoms with Gasteiger partial charge in [0.15, 0.2) is 22.4 Å². The minimum absolute atomic E-state index is 0.0819. The highest BCUT2D eigenvalue weighted by molar-refractivity contribution is 9.10. The van der Waals surface area contributed by atoms with E-state index in [1.54, 1.807) is 26.4 Å². The van der Waals surface area contributed by atoms with E-state index in [9.17, 15) is 4.79 Å². The first-order valence-electron chi connectivity index (χ1n) is 8.25. The van der Waals surface area contributed by atoms with E-state index < -0.39 is 6.04 Å². The van der Waals surface area contributed by atoms with E-state index in [0.29, 0.717) is 33.4 Å². The molecule has 2 aromatic rings. The van der Waals surface area contributed by atoms with Crippen molar-refractivity contribution in [3.05, 3.63) is 69.3 Å². The van der Waals surface area contributed by atoms with Gasteiger partial charge in [-0.25, -0.2) is 0 Å². The molecular formula is C20H19BrN2O3S. The summed E-state index contributed by atoms with van der Waals surface area (Å²) >= 11 is 8.84. The van der Waals surface area contributed by atoms with E-state index in [1.807, 2.05) is 37.3 Å². The summed E-state index contributed by atoms with van der Waals surface area (Å²) in [6.45, 7) is 1.85. The number of hydrogen-bond donors (Lipinski definition) is 2. The smallest absolute Gasteiger partial charge is 0.193 e. The molecule has 1 aliphatic rings. The number of hydrogen-bond acceptors (Lipinski definition) is 4. The van der Waals surface area contributed by atoms with Crippen molar-refractivity contribution >= 4 is 39.0 Å². The van der Waals surface area contributed by atoms with Crippen LogP contribution >= 0.6 is 28.1 Å². The molecule has 0 aliphatic carbocycles. The van der Waals surface area contributed by atoms with Gasteiger partial charge in [0.25, 0.3) is 0 Å². The highest BCUT2D eigenvalue weighted by atomic mass is 79.9. The zero-order chi connectivity index (χ0) is 19.6. The van der Waals surface area contributed by atoms with Crippen molar-refractivity contribution < 1.29 is 14.3 Å². The van der Waals surface area contributed by atoms with Crippen molar-refractivity contribution in [2.75, 3.05) is 14.2 Å². The molecule has 0 saturated heterocycles. The predicted octanol–water partition coefficient (Wildman–Crippen LogP) is 4.14. The fourth-order valence-corrected chi connectivity index (χ4v) is 3.87. The molecule has 0 fully saturated rings.